The normalized spacial score (nSPS) is 15.9. The summed E-state index contributed by atoms with van der Waals surface area (Å²) in [7, 11) is 0. The number of amides is 1. The Morgan fingerprint density at radius 2 is 2.19 bits per heavy atom. The van der Waals surface area contributed by atoms with Gasteiger partial charge in [0.2, 0.25) is 0 Å². The van der Waals surface area contributed by atoms with Gasteiger partial charge in [-0.2, -0.15) is 0 Å². The van der Waals surface area contributed by atoms with Gasteiger partial charge in [-0.1, -0.05) is 18.3 Å². The minimum absolute atomic E-state index is 0.0175. The zero-order valence-electron chi connectivity index (χ0n) is 12.8. The van der Waals surface area contributed by atoms with Crippen molar-refractivity contribution in [3.8, 4) is 0 Å². The molecule has 6 nitrogen and oxygen atoms in total. The first-order chi connectivity index (χ1) is 10.2. The van der Waals surface area contributed by atoms with Crippen molar-refractivity contribution in [1.29, 1.82) is 0 Å². The quantitative estimate of drug-likeness (QED) is 0.745. The molecule has 2 heterocycles. The van der Waals surface area contributed by atoms with E-state index in [4.69, 9.17) is 5.73 Å². The summed E-state index contributed by atoms with van der Waals surface area (Å²) < 4.78 is 0. The fourth-order valence-corrected chi connectivity index (χ4v) is 3.48. The summed E-state index contributed by atoms with van der Waals surface area (Å²) in [5.74, 6) is 0.361. The third-order valence-corrected chi connectivity index (χ3v) is 4.74. The summed E-state index contributed by atoms with van der Waals surface area (Å²) >= 11 is 1.36. The van der Waals surface area contributed by atoms with Gasteiger partial charge >= 0.3 is 0 Å². The number of nitrogen functional groups attached to an aromatic ring is 1. The molecule has 0 saturated carbocycles. The van der Waals surface area contributed by atoms with E-state index in [1.165, 1.54) is 11.3 Å². The SMILES string of the molecule is CCCNc1nc(N)c(C(=O)N(CC)C2CCNCC2)s1. The van der Waals surface area contributed by atoms with Crippen molar-refractivity contribution < 1.29 is 4.79 Å². The zero-order chi connectivity index (χ0) is 15.2. The van der Waals surface area contributed by atoms with Crippen LogP contribution in [0.2, 0.25) is 0 Å². The van der Waals surface area contributed by atoms with E-state index in [0.717, 1.165) is 44.0 Å². The van der Waals surface area contributed by atoms with Crippen LogP contribution < -0.4 is 16.4 Å². The van der Waals surface area contributed by atoms with Gasteiger partial charge in [0.25, 0.3) is 5.91 Å². The van der Waals surface area contributed by atoms with Crippen LogP contribution in [-0.4, -0.2) is 48.0 Å². The molecule has 1 aliphatic rings. The largest absolute Gasteiger partial charge is 0.382 e. The van der Waals surface area contributed by atoms with E-state index in [-0.39, 0.29) is 5.91 Å². The molecular formula is C14H25N5OS. The van der Waals surface area contributed by atoms with Crippen LogP contribution in [0.15, 0.2) is 0 Å². The Kier molecular flexibility index (Phi) is 5.81. The van der Waals surface area contributed by atoms with E-state index in [0.29, 0.717) is 23.3 Å². The fraction of sp³-hybridized carbons (Fsp3) is 0.714. The minimum Gasteiger partial charge on any atom is -0.382 e. The highest BCUT2D eigenvalue weighted by Gasteiger charge is 2.28. The third-order valence-electron chi connectivity index (χ3n) is 3.72. The Hall–Kier alpha value is -1.34. The van der Waals surface area contributed by atoms with Gasteiger partial charge in [-0.15, -0.1) is 0 Å². The van der Waals surface area contributed by atoms with E-state index in [1.54, 1.807) is 0 Å². The number of aromatic nitrogens is 1. The number of piperidine rings is 1. The Bertz CT molecular complexity index is 470. The molecule has 7 heteroatoms. The molecule has 0 bridgehead atoms. The van der Waals surface area contributed by atoms with Gasteiger partial charge in [-0.05, 0) is 39.3 Å². The van der Waals surface area contributed by atoms with Crippen molar-refractivity contribution in [1.82, 2.24) is 15.2 Å². The van der Waals surface area contributed by atoms with Crippen LogP contribution in [0.1, 0.15) is 42.8 Å². The average molecular weight is 311 g/mol. The van der Waals surface area contributed by atoms with Crippen molar-refractivity contribution in [2.24, 2.45) is 0 Å². The molecule has 4 N–H and O–H groups in total. The summed E-state index contributed by atoms with van der Waals surface area (Å²) in [5.41, 5.74) is 5.94. The molecular weight excluding hydrogens is 286 g/mol. The third kappa shape index (κ3) is 3.85. The van der Waals surface area contributed by atoms with Crippen molar-refractivity contribution in [3.05, 3.63) is 4.88 Å². The lowest BCUT2D eigenvalue weighted by atomic mass is 10.0. The first kappa shape index (κ1) is 16.0. The van der Waals surface area contributed by atoms with Crippen LogP contribution in [0.5, 0.6) is 0 Å². The van der Waals surface area contributed by atoms with Gasteiger partial charge in [0.05, 0.1) is 0 Å². The highest BCUT2D eigenvalue weighted by atomic mass is 32.1. The van der Waals surface area contributed by atoms with E-state index < -0.39 is 0 Å². The number of nitrogens with zero attached hydrogens (tertiary/aromatic N) is 2. The molecule has 1 aliphatic heterocycles. The first-order valence-corrected chi connectivity index (χ1v) is 8.50. The lowest BCUT2D eigenvalue weighted by molar-refractivity contribution is 0.0662. The molecule has 0 aromatic carbocycles. The molecule has 0 atom stereocenters. The predicted molar refractivity (Wildman–Crippen MR) is 87.9 cm³/mol. The van der Waals surface area contributed by atoms with E-state index in [9.17, 15) is 4.79 Å². The highest BCUT2D eigenvalue weighted by molar-refractivity contribution is 7.18. The predicted octanol–water partition coefficient (Wildman–Crippen LogP) is 1.76. The molecule has 0 aliphatic carbocycles. The zero-order valence-corrected chi connectivity index (χ0v) is 13.6. The number of hydrogen-bond donors (Lipinski definition) is 3. The number of rotatable bonds is 6. The lowest BCUT2D eigenvalue weighted by Gasteiger charge is -2.33. The summed E-state index contributed by atoms with van der Waals surface area (Å²) in [4.78, 5) is 19.5. The summed E-state index contributed by atoms with van der Waals surface area (Å²) in [6.07, 6.45) is 3.01. The number of carbonyl (C=O) groups is 1. The van der Waals surface area contributed by atoms with Gasteiger partial charge in [0.15, 0.2) is 5.13 Å². The maximum absolute atomic E-state index is 12.8. The van der Waals surface area contributed by atoms with Gasteiger partial charge in [0.1, 0.15) is 10.7 Å². The lowest BCUT2D eigenvalue weighted by Crippen LogP contribution is -2.46. The highest BCUT2D eigenvalue weighted by Crippen LogP contribution is 2.27. The van der Waals surface area contributed by atoms with E-state index in [1.807, 2.05) is 11.8 Å². The first-order valence-electron chi connectivity index (χ1n) is 7.69. The van der Waals surface area contributed by atoms with Crippen LogP contribution in [0.3, 0.4) is 0 Å². The fourth-order valence-electron chi connectivity index (χ4n) is 2.61. The van der Waals surface area contributed by atoms with Crippen LogP contribution in [0.4, 0.5) is 10.9 Å². The number of carbonyl (C=O) groups excluding carboxylic acids is 1. The van der Waals surface area contributed by atoms with Gasteiger partial charge < -0.3 is 21.3 Å². The van der Waals surface area contributed by atoms with Crippen molar-refractivity contribution in [3.63, 3.8) is 0 Å². The van der Waals surface area contributed by atoms with E-state index >= 15 is 0 Å². The Morgan fingerprint density at radius 1 is 1.48 bits per heavy atom. The maximum atomic E-state index is 12.8. The maximum Gasteiger partial charge on any atom is 0.268 e. The molecule has 0 radical (unpaired) electrons. The molecule has 1 aromatic rings. The molecule has 1 fully saturated rings. The van der Waals surface area contributed by atoms with Crippen molar-refractivity contribution in [2.45, 2.75) is 39.2 Å². The molecule has 0 unspecified atom stereocenters. The smallest absolute Gasteiger partial charge is 0.268 e. The number of hydrogen-bond acceptors (Lipinski definition) is 6. The Morgan fingerprint density at radius 3 is 2.81 bits per heavy atom. The standard InChI is InChI=1S/C14H25N5OS/c1-3-7-17-14-18-12(15)11(21-14)13(20)19(4-2)10-5-8-16-9-6-10/h10,16H,3-9,15H2,1-2H3,(H,17,18). The molecule has 2 rings (SSSR count). The second kappa shape index (κ2) is 7.61. The molecule has 1 amide bonds. The molecule has 1 aromatic heterocycles. The number of nitrogens with two attached hydrogens (primary N) is 1. The van der Waals surface area contributed by atoms with Crippen LogP contribution in [0.25, 0.3) is 0 Å². The summed E-state index contributed by atoms with van der Waals surface area (Å²) in [6.45, 7) is 7.59. The number of thiazole rings is 1. The van der Waals surface area contributed by atoms with Crippen LogP contribution in [0, 0.1) is 0 Å². The van der Waals surface area contributed by atoms with Crippen LogP contribution >= 0.6 is 11.3 Å². The van der Waals surface area contributed by atoms with Gasteiger partial charge in [-0.25, -0.2) is 4.98 Å². The molecule has 1 saturated heterocycles. The van der Waals surface area contributed by atoms with Crippen LogP contribution in [-0.2, 0) is 0 Å². The molecule has 118 valence electrons. The minimum atomic E-state index is 0.0175. The van der Waals surface area contributed by atoms with Gasteiger partial charge in [0, 0.05) is 19.1 Å². The number of nitrogens with one attached hydrogen (secondary N) is 2. The van der Waals surface area contributed by atoms with Gasteiger partial charge in [-0.3, -0.25) is 4.79 Å². The number of anilines is 2. The summed E-state index contributed by atoms with van der Waals surface area (Å²) in [6, 6.07) is 0.303. The second-order valence-electron chi connectivity index (χ2n) is 5.23. The Balaban J connectivity index is 2.11. The average Bonchev–Trinajstić information content (AvgIpc) is 2.88. The topological polar surface area (TPSA) is 83.3 Å². The molecule has 21 heavy (non-hydrogen) atoms. The Labute approximate surface area is 130 Å². The summed E-state index contributed by atoms with van der Waals surface area (Å²) in [5, 5.41) is 7.26. The monoisotopic (exact) mass is 311 g/mol. The van der Waals surface area contributed by atoms with E-state index in [2.05, 4.69) is 22.5 Å². The van der Waals surface area contributed by atoms with Crippen molar-refractivity contribution >= 4 is 28.2 Å². The second-order valence-corrected chi connectivity index (χ2v) is 6.23. The molecule has 0 spiro atoms. The van der Waals surface area contributed by atoms with Crippen molar-refractivity contribution in [2.75, 3.05) is 37.2 Å².